The standard InChI is InChI=1S/C15H22BNO3/c1-14(2)15(3,4)20-16(19-14)12-8-9-13(17-11-12)7-5-6-10-18/h5,7-9,11,18H,6,10H2,1-4H3. The van der Waals surface area contributed by atoms with Crippen LogP contribution in [0.2, 0.25) is 0 Å². The molecule has 1 aliphatic rings. The topological polar surface area (TPSA) is 51.6 Å². The fourth-order valence-electron chi connectivity index (χ4n) is 1.91. The van der Waals surface area contributed by atoms with Crippen molar-refractivity contribution in [3.8, 4) is 0 Å². The molecule has 2 rings (SSSR count). The molecule has 1 fully saturated rings. The Morgan fingerprint density at radius 1 is 1.20 bits per heavy atom. The molecular formula is C15H22BNO3. The minimum absolute atomic E-state index is 0.155. The van der Waals surface area contributed by atoms with E-state index >= 15 is 0 Å². The van der Waals surface area contributed by atoms with Gasteiger partial charge in [-0.25, -0.2) is 0 Å². The largest absolute Gasteiger partial charge is 0.496 e. The van der Waals surface area contributed by atoms with Crippen LogP contribution in [0.1, 0.15) is 39.8 Å². The van der Waals surface area contributed by atoms with E-state index in [4.69, 9.17) is 14.4 Å². The van der Waals surface area contributed by atoms with E-state index in [1.165, 1.54) is 0 Å². The van der Waals surface area contributed by atoms with Crippen LogP contribution >= 0.6 is 0 Å². The second kappa shape index (κ2) is 5.68. The van der Waals surface area contributed by atoms with Crippen LogP contribution in [-0.2, 0) is 9.31 Å². The van der Waals surface area contributed by atoms with E-state index < -0.39 is 0 Å². The number of hydrogen-bond acceptors (Lipinski definition) is 4. The van der Waals surface area contributed by atoms with Gasteiger partial charge in [0, 0.05) is 18.3 Å². The van der Waals surface area contributed by atoms with Crippen LogP contribution in [0.15, 0.2) is 24.4 Å². The van der Waals surface area contributed by atoms with Crippen molar-refractivity contribution < 1.29 is 14.4 Å². The Morgan fingerprint density at radius 3 is 2.35 bits per heavy atom. The van der Waals surface area contributed by atoms with Gasteiger partial charge in [0.2, 0.25) is 0 Å². The lowest BCUT2D eigenvalue weighted by Gasteiger charge is -2.32. The first-order chi connectivity index (χ1) is 9.36. The maximum atomic E-state index is 8.73. The number of pyridine rings is 1. The third kappa shape index (κ3) is 3.11. The van der Waals surface area contributed by atoms with E-state index in [-0.39, 0.29) is 24.9 Å². The molecular weight excluding hydrogens is 253 g/mol. The van der Waals surface area contributed by atoms with Gasteiger partial charge < -0.3 is 14.4 Å². The highest BCUT2D eigenvalue weighted by Gasteiger charge is 2.51. The fraction of sp³-hybridized carbons (Fsp3) is 0.533. The van der Waals surface area contributed by atoms with Gasteiger partial charge in [0.15, 0.2) is 0 Å². The maximum Gasteiger partial charge on any atom is 0.496 e. The summed E-state index contributed by atoms with van der Waals surface area (Å²) in [6, 6.07) is 3.89. The molecule has 108 valence electrons. The quantitative estimate of drug-likeness (QED) is 0.851. The van der Waals surface area contributed by atoms with E-state index in [0.29, 0.717) is 6.42 Å². The smallest absolute Gasteiger partial charge is 0.399 e. The molecule has 0 aromatic carbocycles. The van der Waals surface area contributed by atoms with Crippen molar-refractivity contribution in [3.05, 3.63) is 30.1 Å². The van der Waals surface area contributed by atoms with Gasteiger partial charge >= 0.3 is 7.12 Å². The lowest BCUT2D eigenvalue weighted by molar-refractivity contribution is 0.00578. The van der Waals surface area contributed by atoms with Gasteiger partial charge in [-0.05, 0) is 46.3 Å². The van der Waals surface area contributed by atoms with Crippen LogP contribution in [0.4, 0.5) is 0 Å². The van der Waals surface area contributed by atoms with Gasteiger partial charge in [-0.3, -0.25) is 4.98 Å². The molecule has 0 amide bonds. The number of hydrogen-bond donors (Lipinski definition) is 1. The Balaban J connectivity index is 2.08. The molecule has 20 heavy (non-hydrogen) atoms. The lowest BCUT2D eigenvalue weighted by atomic mass is 9.80. The van der Waals surface area contributed by atoms with Crippen LogP contribution in [0.25, 0.3) is 6.08 Å². The molecule has 5 heteroatoms. The Hall–Kier alpha value is -1.17. The summed E-state index contributed by atoms with van der Waals surface area (Å²) in [7, 11) is -0.372. The first-order valence-corrected chi connectivity index (χ1v) is 6.95. The summed E-state index contributed by atoms with van der Waals surface area (Å²) in [5, 5.41) is 8.73. The summed E-state index contributed by atoms with van der Waals surface area (Å²) < 4.78 is 12.0. The van der Waals surface area contributed by atoms with Crippen LogP contribution in [0, 0.1) is 0 Å². The van der Waals surface area contributed by atoms with E-state index in [0.717, 1.165) is 11.2 Å². The zero-order valence-corrected chi connectivity index (χ0v) is 12.6. The number of aliphatic hydroxyl groups excluding tert-OH is 1. The Kier molecular flexibility index (Phi) is 4.32. The molecule has 1 saturated heterocycles. The fourth-order valence-corrected chi connectivity index (χ4v) is 1.91. The minimum Gasteiger partial charge on any atom is -0.399 e. The monoisotopic (exact) mass is 275 g/mol. The first kappa shape index (κ1) is 15.2. The van der Waals surface area contributed by atoms with Gasteiger partial charge in [-0.1, -0.05) is 12.1 Å². The van der Waals surface area contributed by atoms with E-state index in [1.54, 1.807) is 6.20 Å². The zero-order chi connectivity index (χ0) is 14.8. The predicted molar refractivity (Wildman–Crippen MR) is 80.7 cm³/mol. The summed E-state index contributed by atoms with van der Waals surface area (Å²) in [6.07, 6.45) is 6.21. The normalized spacial score (nSPS) is 20.8. The van der Waals surface area contributed by atoms with Gasteiger partial charge in [0.1, 0.15) is 0 Å². The molecule has 2 heterocycles. The Morgan fingerprint density at radius 2 is 1.85 bits per heavy atom. The summed E-state index contributed by atoms with van der Waals surface area (Å²) in [5.41, 5.74) is 1.11. The molecule has 1 aliphatic heterocycles. The Bertz CT molecular complexity index is 466. The summed E-state index contributed by atoms with van der Waals surface area (Å²) in [6.45, 7) is 8.29. The third-order valence-electron chi connectivity index (χ3n) is 3.92. The zero-order valence-electron chi connectivity index (χ0n) is 12.6. The Labute approximate surface area is 121 Å². The van der Waals surface area contributed by atoms with Gasteiger partial charge in [0.05, 0.1) is 16.9 Å². The summed E-state index contributed by atoms with van der Waals surface area (Å²) in [4.78, 5) is 4.36. The van der Waals surface area contributed by atoms with Gasteiger partial charge in [0.25, 0.3) is 0 Å². The van der Waals surface area contributed by atoms with Gasteiger partial charge in [-0.2, -0.15) is 0 Å². The SMILES string of the molecule is CC1(C)OB(c2ccc(C=CCCO)nc2)OC1(C)C. The molecule has 0 unspecified atom stereocenters. The minimum atomic E-state index is -0.372. The third-order valence-corrected chi connectivity index (χ3v) is 3.92. The number of rotatable bonds is 4. The van der Waals surface area contributed by atoms with Crippen molar-refractivity contribution in [2.24, 2.45) is 0 Å². The summed E-state index contributed by atoms with van der Waals surface area (Å²) in [5.74, 6) is 0. The summed E-state index contributed by atoms with van der Waals surface area (Å²) >= 11 is 0. The molecule has 0 spiro atoms. The molecule has 1 N–H and O–H groups in total. The van der Waals surface area contributed by atoms with E-state index in [1.807, 2.05) is 52.0 Å². The van der Waals surface area contributed by atoms with Crippen molar-refractivity contribution in [2.75, 3.05) is 6.61 Å². The van der Waals surface area contributed by atoms with Crippen LogP contribution in [-0.4, -0.2) is 35.0 Å². The van der Waals surface area contributed by atoms with Crippen molar-refractivity contribution >= 4 is 18.7 Å². The molecule has 0 aliphatic carbocycles. The number of aliphatic hydroxyl groups is 1. The maximum absolute atomic E-state index is 8.73. The second-order valence-corrected chi connectivity index (χ2v) is 6.02. The molecule has 1 aromatic rings. The highest BCUT2D eigenvalue weighted by atomic mass is 16.7. The van der Waals surface area contributed by atoms with Crippen molar-refractivity contribution in [1.82, 2.24) is 4.98 Å². The number of aromatic nitrogens is 1. The molecule has 1 aromatic heterocycles. The first-order valence-electron chi connectivity index (χ1n) is 6.95. The number of nitrogens with zero attached hydrogens (tertiary/aromatic N) is 1. The molecule has 0 bridgehead atoms. The van der Waals surface area contributed by atoms with Crippen molar-refractivity contribution in [1.29, 1.82) is 0 Å². The lowest BCUT2D eigenvalue weighted by Crippen LogP contribution is -2.41. The molecule has 0 saturated carbocycles. The molecule has 4 nitrogen and oxygen atoms in total. The van der Waals surface area contributed by atoms with Crippen molar-refractivity contribution in [3.63, 3.8) is 0 Å². The highest BCUT2D eigenvalue weighted by Crippen LogP contribution is 2.36. The molecule has 0 atom stereocenters. The highest BCUT2D eigenvalue weighted by molar-refractivity contribution is 6.62. The van der Waals surface area contributed by atoms with E-state index in [9.17, 15) is 0 Å². The van der Waals surface area contributed by atoms with Gasteiger partial charge in [-0.15, -0.1) is 0 Å². The average Bonchev–Trinajstić information content (AvgIpc) is 2.60. The van der Waals surface area contributed by atoms with Crippen LogP contribution in [0.5, 0.6) is 0 Å². The average molecular weight is 275 g/mol. The second-order valence-electron chi connectivity index (χ2n) is 6.02. The van der Waals surface area contributed by atoms with E-state index in [2.05, 4.69) is 4.98 Å². The van der Waals surface area contributed by atoms with Crippen LogP contribution < -0.4 is 5.46 Å². The van der Waals surface area contributed by atoms with Crippen LogP contribution in [0.3, 0.4) is 0 Å². The molecule has 0 radical (unpaired) electrons. The predicted octanol–water partition coefficient (Wildman–Crippen LogP) is 1.78. The van der Waals surface area contributed by atoms with Crippen molar-refractivity contribution in [2.45, 2.75) is 45.3 Å².